The Hall–Kier alpha value is -6.22. The van der Waals surface area contributed by atoms with E-state index in [4.69, 9.17) is 9.52 Å². The second-order valence-corrected chi connectivity index (χ2v) is 12.3. The normalized spacial score (nSPS) is 13.3. The number of aromatic nitrogens is 6. The van der Waals surface area contributed by atoms with Gasteiger partial charge in [-0.2, -0.15) is 5.10 Å². The molecule has 4 aromatic heterocycles. The molecule has 8 aromatic rings. The van der Waals surface area contributed by atoms with E-state index in [9.17, 15) is 4.39 Å². The van der Waals surface area contributed by atoms with E-state index in [1.165, 1.54) is 12.1 Å². The molecular formula is C40H28F2N6O. The predicted octanol–water partition coefficient (Wildman–Crippen LogP) is 8.91. The van der Waals surface area contributed by atoms with Gasteiger partial charge >= 0.3 is 0 Å². The van der Waals surface area contributed by atoms with Crippen molar-refractivity contribution in [3.63, 3.8) is 0 Å². The molecule has 4 heterocycles. The number of rotatable bonds is 8. The van der Waals surface area contributed by atoms with Crippen molar-refractivity contribution >= 4 is 5.65 Å². The van der Waals surface area contributed by atoms with Gasteiger partial charge in [0.15, 0.2) is 0 Å². The summed E-state index contributed by atoms with van der Waals surface area (Å²) in [4.78, 5) is 4.58. The molecule has 0 amide bonds. The molecule has 1 saturated carbocycles. The molecule has 0 aliphatic heterocycles. The number of hydrogen-bond donors (Lipinski definition) is 0. The monoisotopic (exact) mass is 646 g/mol. The van der Waals surface area contributed by atoms with Gasteiger partial charge in [-0.05, 0) is 53.8 Å². The lowest BCUT2D eigenvalue weighted by Crippen LogP contribution is -2.38. The minimum atomic E-state index is -0.958. The van der Waals surface area contributed by atoms with Crippen molar-refractivity contribution < 1.29 is 13.2 Å². The lowest BCUT2D eigenvalue weighted by Gasteiger charge is -2.36. The lowest BCUT2D eigenvalue weighted by molar-refractivity contribution is 0.461. The Labute approximate surface area is 280 Å². The van der Waals surface area contributed by atoms with Crippen molar-refractivity contribution in [2.45, 2.75) is 24.3 Å². The number of halogens is 2. The average Bonchev–Trinajstić information content (AvgIpc) is 3.50. The first kappa shape index (κ1) is 29.0. The largest absolute Gasteiger partial charge is 0.419 e. The minimum absolute atomic E-state index is 0.176. The molecule has 9 rings (SSSR count). The van der Waals surface area contributed by atoms with Gasteiger partial charge in [0.2, 0.25) is 5.89 Å². The van der Waals surface area contributed by atoms with Crippen molar-refractivity contribution in [3.05, 3.63) is 174 Å². The van der Waals surface area contributed by atoms with Crippen LogP contribution in [0.4, 0.5) is 8.78 Å². The number of pyridine rings is 1. The quantitative estimate of drug-likeness (QED) is 0.154. The summed E-state index contributed by atoms with van der Waals surface area (Å²) < 4.78 is 39.8. The Kier molecular flexibility index (Phi) is 6.79. The topological polar surface area (TPSA) is 74.0 Å². The molecule has 1 aliphatic carbocycles. The van der Waals surface area contributed by atoms with Crippen molar-refractivity contribution in [1.82, 2.24) is 29.4 Å². The maximum Gasteiger partial charge on any atom is 0.266 e. The molecule has 0 radical (unpaired) electrons. The molecule has 49 heavy (non-hydrogen) atoms. The SMILES string of the molecule is Fc1ccc(-c2nn(C(c3ccccc3)(c3ccccc3)c3ccccc3)cc2-c2ccc3ncc(-c4nnc(C5CC5)o4)n3c2)c(F)c1. The van der Waals surface area contributed by atoms with Crippen molar-refractivity contribution in [2.24, 2.45) is 0 Å². The number of nitrogens with zero attached hydrogens (tertiary/aromatic N) is 6. The average molecular weight is 647 g/mol. The number of imidazole rings is 1. The van der Waals surface area contributed by atoms with Crippen LogP contribution in [0, 0.1) is 11.6 Å². The highest BCUT2D eigenvalue weighted by molar-refractivity contribution is 5.81. The Morgan fingerprint density at radius 3 is 1.96 bits per heavy atom. The van der Waals surface area contributed by atoms with E-state index < -0.39 is 17.2 Å². The zero-order chi connectivity index (χ0) is 33.0. The molecule has 0 saturated heterocycles. The zero-order valence-electron chi connectivity index (χ0n) is 26.1. The number of fused-ring (bicyclic) bond motifs is 1. The van der Waals surface area contributed by atoms with Crippen LogP contribution in [0.2, 0.25) is 0 Å². The fourth-order valence-electron chi connectivity index (χ4n) is 6.70. The highest BCUT2D eigenvalue weighted by atomic mass is 19.1. The first-order valence-corrected chi connectivity index (χ1v) is 16.1. The Bertz CT molecular complexity index is 2340. The van der Waals surface area contributed by atoms with Gasteiger partial charge in [0.25, 0.3) is 5.89 Å². The summed E-state index contributed by atoms with van der Waals surface area (Å²) >= 11 is 0. The molecule has 0 N–H and O–H groups in total. The third kappa shape index (κ3) is 4.85. The molecule has 0 unspecified atom stereocenters. The highest BCUT2D eigenvalue weighted by Gasteiger charge is 2.40. The maximum atomic E-state index is 15.7. The molecule has 1 aliphatic rings. The van der Waals surface area contributed by atoms with Crippen LogP contribution in [-0.2, 0) is 5.54 Å². The smallest absolute Gasteiger partial charge is 0.266 e. The second kappa shape index (κ2) is 11.5. The molecule has 238 valence electrons. The van der Waals surface area contributed by atoms with Crippen molar-refractivity contribution in [3.8, 4) is 34.0 Å². The first-order chi connectivity index (χ1) is 24.1. The molecule has 7 nitrogen and oxygen atoms in total. The molecule has 1 fully saturated rings. The van der Waals surface area contributed by atoms with Gasteiger partial charge in [-0.3, -0.25) is 9.08 Å². The molecule has 4 aromatic carbocycles. The Morgan fingerprint density at radius 1 is 0.694 bits per heavy atom. The minimum Gasteiger partial charge on any atom is -0.419 e. The van der Waals surface area contributed by atoms with Gasteiger partial charge in [-0.15, -0.1) is 10.2 Å². The zero-order valence-corrected chi connectivity index (χ0v) is 26.1. The van der Waals surface area contributed by atoms with E-state index in [0.717, 1.165) is 41.2 Å². The van der Waals surface area contributed by atoms with Gasteiger partial charge in [0.05, 0.1) is 6.20 Å². The van der Waals surface area contributed by atoms with Crippen LogP contribution < -0.4 is 0 Å². The van der Waals surface area contributed by atoms with Gasteiger partial charge in [-0.25, -0.2) is 13.8 Å². The summed E-state index contributed by atoms with van der Waals surface area (Å²) in [7, 11) is 0. The van der Waals surface area contributed by atoms with E-state index in [1.807, 2.05) is 88.2 Å². The van der Waals surface area contributed by atoms with Crippen LogP contribution in [0.25, 0.3) is 39.6 Å². The van der Waals surface area contributed by atoms with Gasteiger partial charge in [0.1, 0.15) is 34.2 Å². The summed E-state index contributed by atoms with van der Waals surface area (Å²) in [5, 5.41) is 13.8. The standard InChI is InChI=1S/C40H28F2N6O/c41-31-19-20-32(34(42)22-31)37-33(27-18-21-36-43-23-35(47(36)24-27)39-45-44-38(49-39)26-16-17-26)25-48(46-37)40(28-10-4-1-5-11-28,29-12-6-2-7-13-29)30-14-8-3-9-15-30/h1-15,18-26H,16-17H2. The van der Waals surface area contributed by atoms with E-state index in [1.54, 1.807) is 6.20 Å². The highest BCUT2D eigenvalue weighted by Crippen LogP contribution is 2.44. The predicted molar refractivity (Wildman–Crippen MR) is 182 cm³/mol. The summed E-state index contributed by atoms with van der Waals surface area (Å²) in [5.74, 6) is -0.0453. The summed E-state index contributed by atoms with van der Waals surface area (Å²) in [5.41, 5.74) is 5.16. The van der Waals surface area contributed by atoms with Crippen LogP contribution in [0.1, 0.15) is 41.3 Å². The molecule has 0 atom stereocenters. The van der Waals surface area contributed by atoms with Crippen LogP contribution in [-0.4, -0.2) is 29.4 Å². The second-order valence-electron chi connectivity index (χ2n) is 12.3. The van der Waals surface area contributed by atoms with Gasteiger partial charge in [-0.1, -0.05) is 91.0 Å². The first-order valence-electron chi connectivity index (χ1n) is 16.1. The Morgan fingerprint density at radius 2 is 1.35 bits per heavy atom. The molecular weight excluding hydrogens is 618 g/mol. The van der Waals surface area contributed by atoms with Gasteiger partial charge in [0, 0.05) is 41.1 Å². The number of hydrogen-bond acceptors (Lipinski definition) is 5. The van der Waals surface area contributed by atoms with Crippen LogP contribution in [0.5, 0.6) is 0 Å². The fourth-order valence-corrected chi connectivity index (χ4v) is 6.70. The summed E-state index contributed by atoms with van der Waals surface area (Å²) in [6, 6.07) is 37.8. The fraction of sp³-hybridized carbons (Fsp3) is 0.100. The van der Waals surface area contributed by atoms with Crippen molar-refractivity contribution in [2.75, 3.05) is 0 Å². The molecule has 0 spiro atoms. The third-order valence-electron chi connectivity index (χ3n) is 9.22. The number of benzene rings is 4. The third-order valence-corrected chi connectivity index (χ3v) is 9.22. The van der Waals surface area contributed by atoms with Crippen LogP contribution in [0.3, 0.4) is 0 Å². The summed E-state index contributed by atoms with van der Waals surface area (Å²) in [6.45, 7) is 0. The van der Waals surface area contributed by atoms with Gasteiger partial charge < -0.3 is 4.42 Å². The van der Waals surface area contributed by atoms with Crippen LogP contribution >= 0.6 is 0 Å². The molecule has 9 heteroatoms. The summed E-state index contributed by atoms with van der Waals surface area (Å²) in [6.07, 6.45) is 7.66. The Balaban J connectivity index is 1.32. The van der Waals surface area contributed by atoms with E-state index in [2.05, 4.69) is 51.6 Å². The van der Waals surface area contributed by atoms with E-state index >= 15 is 4.39 Å². The lowest BCUT2D eigenvalue weighted by atomic mass is 9.77. The van der Waals surface area contributed by atoms with E-state index in [0.29, 0.717) is 40.3 Å². The molecule has 0 bridgehead atoms. The maximum absolute atomic E-state index is 15.7. The van der Waals surface area contributed by atoms with Crippen molar-refractivity contribution in [1.29, 1.82) is 0 Å². The van der Waals surface area contributed by atoms with E-state index in [-0.39, 0.29) is 5.56 Å². The van der Waals surface area contributed by atoms with Crippen LogP contribution in [0.15, 0.2) is 144 Å².